The van der Waals surface area contributed by atoms with Gasteiger partial charge in [-0.3, -0.25) is 9.59 Å². The molecule has 1 unspecified atom stereocenters. The number of rotatable bonds is 11. The molecule has 0 aliphatic heterocycles. The van der Waals surface area contributed by atoms with Crippen molar-refractivity contribution in [1.29, 1.82) is 0 Å². The molecule has 0 radical (unpaired) electrons. The van der Waals surface area contributed by atoms with E-state index in [1.807, 2.05) is 0 Å². The highest BCUT2D eigenvalue weighted by molar-refractivity contribution is 6.33. The van der Waals surface area contributed by atoms with Crippen LogP contribution in [0.1, 0.15) is 19.8 Å². The summed E-state index contributed by atoms with van der Waals surface area (Å²) in [5, 5.41) is 26.8. The van der Waals surface area contributed by atoms with Crippen LogP contribution in [0, 0.1) is 11.6 Å². The number of nitrogens with one attached hydrogen (secondary N) is 1. The van der Waals surface area contributed by atoms with E-state index in [1.54, 1.807) is 31.2 Å². The van der Waals surface area contributed by atoms with Gasteiger partial charge in [0.05, 0.1) is 29.4 Å². The van der Waals surface area contributed by atoms with Gasteiger partial charge in [0.15, 0.2) is 23.9 Å². The Morgan fingerprint density at radius 3 is 2.62 bits per heavy atom. The van der Waals surface area contributed by atoms with E-state index in [2.05, 4.69) is 20.4 Å². The van der Waals surface area contributed by atoms with E-state index < -0.39 is 42.8 Å². The fraction of sp³-hybridized carbons (Fsp3) is 0.240. The predicted octanol–water partition coefficient (Wildman–Crippen LogP) is 4.38. The molecule has 4 aromatic rings. The maximum Gasteiger partial charge on any atom is 0.326 e. The number of hydrogen-bond donors (Lipinski definition) is 3. The Bertz CT molecular complexity index is 1530. The van der Waals surface area contributed by atoms with Crippen LogP contribution in [0.2, 0.25) is 5.02 Å². The van der Waals surface area contributed by atoms with Crippen molar-refractivity contribution < 1.29 is 38.1 Å². The summed E-state index contributed by atoms with van der Waals surface area (Å²) in [6.07, 6.45) is -1.57. The summed E-state index contributed by atoms with van der Waals surface area (Å²) in [4.78, 5) is 31.5. The first-order chi connectivity index (χ1) is 18.6. The lowest BCUT2D eigenvalue weighted by molar-refractivity contribution is -0.150. The van der Waals surface area contributed by atoms with Crippen LogP contribution >= 0.6 is 11.6 Å². The van der Waals surface area contributed by atoms with E-state index in [-0.39, 0.29) is 36.2 Å². The first kappa shape index (κ1) is 27.7. The Morgan fingerprint density at radius 1 is 1.15 bits per heavy atom. The number of aromatic nitrogens is 4. The molecule has 0 saturated carbocycles. The molecule has 39 heavy (non-hydrogen) atoms. The van der Waals surface area contributed by atoms with Crippen molar-refractivity contribution in [2.75, 3.05) is 11.9 Å². The van der Waals surface area contributed by atoms with E-state index in [4.69, 9.17) is 26.2 Å². The molecule has 0 saturated heterocycles. The molecular formula is C25H22ClF2N5O6. The lowest BCUT2D eigenvalue weighted by Gasteiger charge is -2.12. The molecule has 204 valence electrons. The van der Waals surface area contributed by atoms with Crippen molar-refractivity contribution in [3.8, 4) is 23.0 Å². The molecule has 2 heterocycles. The Balaban J connectivity index is 1.84. The second-order valence-electron chi connectivity index (χ2n) is 8.33. The topological polar surface area (TPSA) is 149 Å². The molecule has 0 fully saturated rings. The summed E-state index contributed by atoms with van der Waals surface area (Å²) in [5.41, 5.74) is 0.864. The minimum absolute atomic E-state index is 0.0494. The number of esters is 1. The quantitative estimate of drug-likeness (QED) is 0.225. The normalized spacial score (nSPS) is 11.8. The second kappa shape index (κ2) is 12.0. The fourth-order valence-electron chi connectivity index (χ4n) is 3.47. The van der Waals surface area contributed by atoms with Gasteiger partial charge in [0.2, 0.25) is 0 Å². The lowest BCUT2D eigenvalue weighted by Crippen LogP contribution is -2.17. The molecule has 0 bridgehead atoms. The van der Waals surface area contributed by atoms with E-state index in [0.717, 1.165) is 12.1 Å². The van der Waals surface area contributed by atoms with E-state index in [1.165, 1.54) is 4.68 Å². The molecule has 0 amide bonds. The number of benzene rings is 2. The zero-order valence-corrected chi connectivity index (χ0v) is 21.2. The van der Waals surface area contributed by atoms with Crippen LogP contribution in [0.3, 0.4) is 0 Å². The van der Waals surface area contributed by atoms with Gasteiger partial charge < -0.3 is 25.0 Å². The lowest BCUT2D eigenvalue weighted by atomic mass is 10.1. The van der Waals surface area contributed by atoms with Crippen molar-refractivity contribution in [3.63, 3.8) is 0 Å². The summed E-state index contributed by atoms with van der Waals surface area (Å²) in [7, 11) is 0. The van der Waals surface area contributed by atoms with Gasteiger partial charge in [-0.1, -0.05) is 29.8 Å². The number of fused-ring (bicyclic) bond motifs is 1. The first-order valence-corrected chi connectivity index (χ1v) is 12.0. The van der Waals surface area contributed by atoms with Crippen molar-refractivity contribution in [3.05, 3.63) is 59.1 Å². The van der Waals surface area contributed by atoms with Gasteiger partial charge in [-0.15, -0.1) is 0 Å². The second-order valence-corrected chi connectivity index (χ2v) is 8.73. The highest BCUT2D eigenvalue weighted by Crippen LogP contribution is 2.37. The smallest absolute Gasteiger partial charge is 0.326 e. The third kappa shape index (κ3) is 6.75. The van der Waals surface area contributed by atoms with E-state index in [9.17, 15) is 23.5 Å². The number of carbonyl (C=O) groups excluding carboxylic acids is 1. The zero-order chi connectivity index (χ0) is 28.1. The van der Waals surface area contributed by atoms with Gasteiger partial charge in [0, 0.05) is 18.2 Å². The number of ether oxygens (including phenoxy) is 2. The number of carboxylic acid groups (broad SMARTS) is 1. The summed E-state index contributed by atoms with van der Waals surface area (Å²) >= 11 is 6.43. The molecule has 0 aliphatic rings. The predicted molar refractivity (Wildman–Crippen MR) is 135 cm³/mol. The number of carboxylic acids is 1. The Hall–Kier alpha value is -4.36. The molecule has 3 N–H and O–H groups in total. The number of carbonyl (C=O) groups is 2. The van der Waals surface area contributed by atoms with Gasteiger partial charge in [0.25, 0.3) is 0 Å². The number of hydrogen-bond acceptors (Lipinski definition) is 9. The summed E-state index contributed by atoms with van der Waals surface area (Å²) in [5.74, 6) is -3.95. The number of aliphatic hydroxyl groups excluding tert-OH is 1. The van der Waals surface area contributed by atoms with E-state index in [0.29, 0.717) is 27.7 Å². The number of aliphatic hydroxyl groups is 1. The van der Waals surface area contributed by atoms with Crippen molar-refractivity contribution in [2.45, 2.75) is 32.6 Å². The molecular weight excluding hydrogens is 540 g/mol. The van der Waals surface area contributed by atoms with Crippen LogP contribution in [0.15, 0.2) is 42.5 Å². The van der Waals surface area contributed by atoms with Crippen LogP contribution in [0.5, 0.6) is 11.8 Å². The summed E-state index contributed by atoms with van der Waals surface area (Å²) in [6, 6.07) is 9.15. The number of nitrogens with zero attached hydrogens (tertiary/aromatic N) is 4. The van der Waals surface area contributed by atoms with Crippen LogP contribution in [0.4, 0.5) is 14.6 Å². The highest BCUT2D eigenvalue weighted by atomic mass is 35.5. The van der Waals surface area contributed by atoms with E-state index >= 15 is 0 Å². The Labute approximate surface area is 225 Å². The van der Waals surface area contributed by atoms with Crippen LogP contribution in [0.25, 0.3) is 22.3 Å². The molecule has 0 aliphatic carbocycles. The highest BCUT2D eigenvalue weighted by Gasteiger charge is 2.23. The Kier molecular flexibility index (Phi) is 8.52. The molecule has 2 aromatic carbocycles. The average molecular weight is 562 g/mol. The van der Waals surface area contributed by atoms with Crippen LogP contribution < -0.4 is 10.1 Å². The van der Waals surface area contributed by atoms with Crippen molar-refractivity contribution in [1.82, 2.24) is 19.7 Å². The van der Waals surface area contributed by atoms with Gasteiger partial charge in [-0.25, -0.2) is 13.5 Å². The van der Waals surface area contributed by atoms with Crippen molar-refractivity contribution >= 4 is 40.4 Å². The summed E-state index contributed by atoms with van der Waals surface area (Å²) in [6.45, 7) is 1.13. The third-order valence-electron chi connectivity index (χ3n) is 5.25. The van der Waals surface area contributed by atoms with Gasteiger partial charge >= 0.3 is 17.9 Å². The number of aliphatic carboxylic acids is 1. The number of halogens is 3. The minimum atomic E-state index is -1.16. The first-order valence-electron chi connectivity index (χ1n) is 11.6. The number of anilines is 1. The maximum absolute atomic E-state index is 14.3. The Morgan fingerprint density at radius 2 is 1.92 bits per heavy atom. The summed E-state index contributed by atoms with van der Waals surface area (Å²) < 4.78 is 39.6. The minimum Gasteiger partial charge on any atom is -0.481 e. The largest absolute Gasteiger partial charge is 0.481 e. The SMILES string of the molecule is CC(O)CNc1nc(Oc2ccc(F)cc2F)nc2c1c(-c1ccccc1Cl)nn2COC(=O)CCC(=O)O. The molecule has 1 atom stereocenters. The molecule has 14 heteroatoms. The van der Waals surface area contributed by atoms with Gasteiger partial charge in [0.1, 0.15) is 17.3 Å². The van der Waals surface area contributed by atoms with Crippen molar-refractivity contribution in [2.24, 2.45) is 0 Å². The third-order valence-corrected chi connectivity index (χ3v) is 5.58. The molecule has 11 nitrogen and oxygen atoms in total. The molecule has 4 rings (SSSR count). The molecule has 2 aromatic heterocycles. The maximum atomic E-state index is 14.3. The standard InChI is InChI=1S/C25H22ClF2N5O6/c1-13(34)11-29-23-21-22(15-4-2-3-5-16(15)26)32-33(12-38-20(37)9-8-19(35)36)24(21)31-25(30-23)39-18-7-6-14(27)10-17(18)28/h2-7,10,13,34H,8-9,11-12H2,1H3,(H,35,36)(H,29,30,31). The monoisotopic (exact) mass is 561 g/mol. The molecule has 0 spiro atoms. The van der Waals surface area contributed by atoms with Crippen LogP contribution in [-0.4, -0.2) is 54.5 Å². The van der Waals surface area contributed by atoms with Gasteiger partial charge in [-0.2, -0.15) is 15.1 Å². The zero-order valence-electron chi connectivity index (χ0n) is 20.4. The average Bonchev–Trinajstić information content (AvgIpc) is 3.25. The van der Waals surface area contributed by atoms with Crippen LogP contribution in [-0.2, 0) is 21.1 Å². The van der Waals surface area contributed by atoms with Gasteiger partial charge in [-0.05, 0) is 25.1 Å². The fourth-order valence-corrected chi connectivity index (χ4v) is 3.70.